The summed E-state index contributed by atoms with van der Waals surface area (Å²) in [5, 5.41) is 0.0550. The standard InChI is InChI=1S/C14H13NO2S/c1-2-6-15-13(16)9-18-14(15)11-3-4-12-10(8-11)5-7-17-12/h1,3-4,8,14H,5-7,9H2. The molecule has 3 rings (SSSR count). The maximum Gasteiger partial charge on any atom is 0.234 e. The van der Waals surface area contributed by atoms with Crippen molar-refractivity contribution in [1.29, 1.82) is 0 Å². The van der Waals surface area contributed by atoms with E-state index in [0.29, 0.717) is 12.3 Å². The molecule has 1 atom stereocenters. The number of carbonyl (C=O) groups is 1. The third kappa shape index (κ3) is 1.85. The molecule has 4 heteroatoms. The minimum atomic E-state index is 0.0550. The summed E-state index contributed by atoms with van der Waals surface area (Å²) in [6.07, 6.45) is 6.28. The van der Waals surface area contributed by atoms with Crippen molar-refractivity contribution in [2.75, 3.05) is 18.9 Å². The van der Waals surface area contributed by atoms with E-state index in [1.54, 1.807) is 16.7 Å². The van der Waals surface area contributed by atoms with E-state index in [1.807, 2.05) is 12.1 Å². The van der Waals surface area contributed by atoms with E-state index >= 15 is 0 Å². The first-order valence-electron chi connectivity index (χ1n) is 5.90. The first kappa shape index (κ1) is 11.5. The van der Waals surface area contributed by atoms with Crippen molar-refractivity contribution < 1.29 is 9.53 Å². The zero-order valence-electron chi connectivity index (χ0n) is 9.89. The number of nitrogens with zero attached hydrogens (tertiary/aromatic N) is 1. The Bertz CT molecular complexity index is 535. The molecule has 1 aromatic carbocycles. The summed E-state index contributed by atoms with van der Waals surface area (Å²) in [5.74, 6) is 4.17. The molecule has 3 nitrogen and oxygen atoms in total. The minimum absolute atomic E-state index is 0.0550. The van der Waals surface area contributed by atoms with Gasteiger partial charge in [-0.1, -0.05) is 12.0 Å². The second kappa shape index (κ2) is 4.58. The maximum absolute atomic E-state index is 11.8. The Morgan fingerprint density at radius 1 is 1.56 bits per heavy atom. The van der Waals surface area contributed by atoms with Gasteiger partial charge in [0.25, 0.3) is 0 Å². The lowest BCUT2D eigenvalue weighted by atomic mass is 10.1. The molecule has 0 bridgehead atoms. The predicted octanol–water partition coefficient (Wildman–Crippen LogP) is 1.83. The number of hydrogen-bond acceptors (Lipinski definition) is 3. The zero-order valence-corrected chi connectivity index (χ0v) is 10.7. The molecule has 2 heterocycles. The Labute approximate surface area is 110 Å². The van der Waals surface area contributed by atoms with Gasteiger partial charge in [0.05, 0.1) is 18.9 Å². The fourth-order valence-electron chi connectivity index (χ4n) is 2.36. The quantitative estimate of drug-likeness (QED) is 0.759. The van der Waals surface area contributed by atoms with Crippen LogP contribution < -0.4 is 4.74 Å². The summed E-state index contributed by atoms with van der Waals surface area (Å²) in [4.78, 5) is 13.5. The largest absolute Gasteiger partial charge is 0.493 e. The molecule has 2 aliphatic rings. The number of thioether (sulfide) groups is 1. The summed E-state index contributed by atoms with van der Waals surface area (Å²) < 4.78 is 5.49. The number of carbonyl (C=O) groups excluding carboxylic acids is 1. The molecule has 0 aliphatic carbocycles. The van der Waals surface area contributed by atoms with Gasteiger partial charge in [-0.05, 0) is 23.3 Å². The van der Waals surface area contributed by atoms with E-state index in [0.717, 1.165) is 24.3 Å². The first-order valence-corrected chi connectivity index (χ1v) is 6.94. The van der Waals surface area contributed by atoms with Gasteiger partial charge in [0.1, 0.15) is 11.1 Å². The highest BCUT2D eigenvalue weighted by atomic mass is 32.2. The van der Waals surface area contributed by atoms with Gasteiger partial charge in [-0.3, -0.25) is 4.79 Å². The average Bonchev–Trinajstić information content (AvgIpc) is 2.97. The van der Waals surface area contributed by atoms with Crippen molar-refractivity contribution in [2.24, 2.45) is 0 Å². The van der Waals surface area contributed by atoms with Gasteiger partial charge in [0, 0.05) is 6.42 Å². The molecule has 0 N–H and O–H groups in total. The number of hydrogen-bond donors (Lipinski definition) is 0. The topological polar surface area (TPSA) is 29.5 Å². The van der Waals surface area contributed by atoms with Crippen LogP contribution in [0.5, 0.6) is 5.75 Å². The van der Waals surface area contributed by atoms with E-state index in [9.17, 15) is 4.79 Å². The SMILES string of the molecule is C#CCN1C(=O)CSC1c1ccc2c(c1)CCO2. The Morgan fingerprint density at radius 2 is 2.44 bits per heavy atom. The van der Waals surface area contributed by atoms with E-state index < -0.39 is 0 Å². The van der Waals surface area contributed by atoms with Crippen LogP contribution in [0, 0.1) is 12.3 Å². The molecule has 0 saturated carbocycles. The Balaban J connectivity index is 1.90. The molecule has 1 unspecified atom stereocenters. The van der Waals surface area contributed by atoms with Crippen molar-refractivity contribution in [3.8, 4) is 18.1 Å². The number of rotatable bonds is 2. The van der Waals surface area contributed by atoms with Crippen LogP contribution in [-0.2, 0) is 11.2 Å². The zero-order chi connectivity index (χ0) is 12.5. The fraction of sp³-hybridized carbons (Fsp3) is 0.357. The van der Waals surface area contributed by atoms with Crippen LogP contribution >= 0.6 is 11.8 Å². The van der Waals surface area contributed by atoms with Gasteiger partial charge in [-0.15, -0.1) is 18.2 Å². The second-order valence-electron chi connectivity index (χ2n) is 4.35. The van der Waals surface area contributed by atoms with Gasteiger partial charge in [-0.2, -0.15) is 0 Å². The minimum Gasteiger partial charge on any atom is -0.493 e. The molecule has 0 radical (unpaired) electrons. The second-order valence-corrected chi connectivity index (χ2v) is 5.42. The van der Waals surface area contributed by atoms with Crippen LogP contribution in [0.25, 0.3) is 0 Å². The van der Waals surface area contributed by atoms with Gasteiger partial charge < -0.3 is 9.64 Å². The van der Waals surface area contributed by atoms with Crippen molar-refractivity contribution >= 4 is 17.7 Å². The van der Waals surface area contributed by atoms with E-state index in [4.69, 9.17) is 11.2 Å². The molecular weight excluding hydrogens is 246 g/mol. The van der Waals surface area contributed by atoms with E-state index in [2.05, 4.69) is 12.0 Å². The maximum atomic E-state index is 11.8. The molecule has 2 aliphatic heterocycles. The predicted molar refractivity (Wildman–Crippen MR) is 71.4 cm³/mol. The Hall–Kier alpha value is -1.60. The molecule has 0 spiro atoms. The lowest BCUT2D eigenvalue weighted by molar-refractivity contribution is -0.127. The Morgan fingerprint density at radius 3 is 3.28 bits per heavy atom. The molecule has 92 valence electrons. The summed E-state index contributed by atoms with van der Waals surface area (Å²) in [5.41, 5.74) is 2.37. The summed E-state index contributed by atoms with van der Waals surface area (Å²) in [6.45, 7) is 1.13. The molecular formula is C14H13NO2S. The normalized spacial score (nSPS) is 21.6. The van der Waals surface area contributed by atoms with Crippen molar-refractivity contribution in [3.63, 3.8) is 0 Å². The van der Waals surface area contributed by atoms with Crippen LogP contribution in [-0.4, -0.2) is 29.7 Å². The molecule has 0 aromatic heterocycles. The van der Waals surface area contributed by atoms with Crippen LogP contribution in [0.2, 0.25) is 0 Å². The molecule has 1 saturated heterocycles. The van der Waals surface area contributed by atoms with Crippen LogP contribution in [0.15, 0.2) is 18.2 Å². The molecule has 1 fully saturated rings. The number of ether oxygens (including phenoxy) is 1. The number of benzene rings is 1. The Kier molecular flexibility index (Phi) is 2.92. The lowest BCUT2D eigenvalue weighted by Crippen LogP contribution is -2.28. The fourth-order valence-corrected chi connectivity index (χ4v) is 3.54. The van der Waals surface area contributed by atoms with Gasteiger partial charge >= 0.3 is 0 Å². The van der Waals surface area contributed by atoms with E-state index in [-0.39, 0.29) is 11.3 Å². The van der Waals surface area contributed by atoms with Gasteiger partial charge in [0.2, 0.25) is 5.91 Å². The number of terminal acetylenes is 1. The van der Waals surface area contributed by atoms with Crippen molar-refractivity contribution in [2.45, 2.75) is 11.8 Å². The van der Waals surface area contributed by atoms with Gasteiger partial charge in [-0.25, -0.2) is 0 Å². The molecule has 18 heavy (non-hydrogen) atoms. The summed E-state index contributed by atoms with van der Waals surface area (Å²) >= 11 is 1.64. The van der Waals surface area contributed by atoms with E-state index in [1.165, 1.54) is 5.56 Å². The monoisotopic (exact) mass is 259 g/mol. The smallest absolute Gasteiger partial charge is 0.234 e. The van der Waals surface area contributed by atoms with Gasteiger partial charge in [0.15, 0.2) is 0 Å². The number of fused-ring (bicyclic) bond motifs is 1. The van der Waals surface area contributed by atoms with Crippen LogP contribution in [0.3, 0.4) is 0 Å². The van der Waals surface area contributed by atoms with Crippen LogP contribution in [0.4, 0.5) is 0 Å². The highest BCUT2D eigenvalue weighted by Gasteiger charge is 2.32. The van der Waals surface area contributed by atoms with Crippen LogP contribution in [0.1, 0.15) is 16.5 Å². The third-order valence-electron chi connectivity index (χ3n) is 3.23. The molecule has 1 amide bonds. The summed E-state index contributed by atoms with van der Waals surface area (Å²) in [7, 11) is 0. The highest BCUT2D eigenvalue weighted by molar-refractivity contribution is 8.00. The lowest BCUT2D eigenvalue weighted by Gasteiger charge is -2.22. The van der Waals surface area contributed by atoms with Crippen molar-refractivity contribution in [1.82, 2.24) is 4.90 Å². The number of amides is 1. The average molecular weight is 259 g/mol. The van der Waals surface area contributed by atoms with Crippen molar-refractivity contribution in [3.05, 3.63) is 29.3 Å². The molecule has 1 aromatic rings. The highest BCUT2D eigenvalue weighted by Crippen LogP contribution is 2.40. The first-order chi connectivity index (χ1) is 8.79. The summed E-state index contributed by atoms with van der Waals surface area (Å²) in [6, 6.07) is 6.17. The third-order valence-corrected chi connectivity index (χ3v) is 4.48.